The molecule has 0 heterocycles. The summed E-state index contributed by atoms with van der Waals surface area (Å²) in [7, 11) is 1.52. The van der Waals surface area contributed by atoms with Crippen LogP contribution in [0.3, 0.4) is 0 Å². The topological polar surface area (TPSA) is 81.2 Å². The second kappa shape index (κ2) is 5.74. The molecule has 0 amide bonds. The Kier molecular flexibility index (Phi) is 4.31. The van der Waals surface area contributed by atoms with Crippen molar-refractivity contribution in [3.8, 4) is 17.9 Å². The Morgan fingerprint density at radius 3 is 2.69 bits per heavy atom. The molecule has 0 aliphatic heterocycles. The van der Waals surface area contributed by atoms with Gasteiger partial charge in [0.15, 0.2) is 0 Å². The van der Waals surface area contributed by atoms with Crippen molar-refractivity contribution in [2.24, 2.45) is 5.10 Å². The average Bonchev–Trinajstić information content (AvgIpc) is 2.30. The van der Waals surface area contributed by atoms with Crippen LogP contribution in [0.2, 0.25) is 0 Å². The highest BCUT2D eigenvalue weighted by atomic mass is 79.9. The SMILES string of the molecule is COc1ccc(Br)cc1NN=C(C#N)C#N. The summed E-state index contributed by atoms with van der Waals surface area (Å²) in [6.45, 7) is 0. The molecule has 80 valence electrons. The molecular formula is C10H7BrN4O. The summed E-state index contributed by atoms with van der Waals surface area (Å²) >= 11 is 3.29. The molecule has 0 atom stereocenters. The highest BCUT2D eigenvalue weighted by Crippen LogP contribution is 2.27. The Morgan fingerprint density at radius 1 is 1.44 bits per heavy atom. The summed E-state index contributed by atoms with van der Waals surface area (Å²) in [5, 5.41) is 20.6. The zero-order valence-electron chi connectivity index (χ0n) is 8.36. The molecule has 1 aromatic carbocycles. The van der Waals surface area contributed by atoms with Gasteiger partial charge >= 0.3 is 0 Å². The monoisotopic (exact) mass is 278 g/mol. The minimum atomic E-state index is -0.248. The Bertz CT molecular complexity index is 483. The van der Waals surface area contributed by atoms with Crippen LogP contribution in [0.4, 0.5) is 5.69 Å². The lowest BCUT2D eigenvalue weighted by Gasteiger charge is -2.07. The molecule has 0 aliphatic rings. The van der Waals surface area contributed by atoms with Crippen LogP contribution in [-0.4, -0.2) is 12.8 Å². The first-order chi connectivity index (χ1) is 7.71. The number of nitriles is 2. The zero-order chi connectivity index (χ0) is 12.0. The van der Waals surface area contributed by atoms with E-state index in [9.17, 15) is 0 Å². The standard InChI is InChI=1S/C10H7BrN4O/c1-16-10-3-2-7(11)4-9(10)15-14-8(5-12)6-13/h2-4,15H,1H3. The number of hydrogen-bond donors (Lipinski definition) is 1. The number of halogens is 1. The minimum Gasteiger partial charge on any atom is -0.495 e. The van der Waals surface area contributed by atoms with Gasteiger partial charge in [0.05, 0.1) is 12.8 Å². The van der Waals surface area contributed by atoms with Crippen LogP contribution in [0, 0.1) is 22.7 Å². The molecule has 1 aromatic rings. The molecule has 0 saturated heterocycles. The molecule has 0 radical (unpaired) electrons. The molecule has 0 bridgehead atoms. The molecule has 1 N–H and O–H groups in total. The van der Waals surface area contributed by atoms with Crippen LogP contribution in [-0.2, 0) is 0 Å². The normalized spacial score (nSPS) is 8.50. The van der Waals surface area contributed by atoms with Gasteiger partial charge in [-0.15, -0.1) is 0 Å². The summed E-state index contributed by atoms with van der Waals surface area (Å²) in [6.07, 6.45) is 0. The van der Waals surface area contributed by atoms with E-state index in [-0.39, 0.29) is 5.71 Å². The zero-order valence-corrected chi connectivity index (χ0v) is 9.95. The van der Waals surface area contributed by atoms with Crippen molar-refractivity contribution in [1.82, 2.24) is 0 Å². The third-order valence-corrected chi connectivity index (χ3v) is 2.15. The number of anilines is 1. The van der Waals surface area contributed by atoms with E-state index in [4.69, 9.17) is 15.3 Å². The van der Waals surface area contributed by atoms with E-state index in [1.54, 1.807) is 24.3 Å². The smallest absolute Gasteiger partial charge is 0.237 e. The van der Waals surface area contributed by atoms with Gasteiger partial charge < -0.3 is 4.74 Å². The van der Waals surface area contributed by atoms with E-state index in [0.717, 1.165) is 4.47 Å². The molecule has 0 saturated carbocycles. The number of benzene rings is 1. The third kappa shape index (κ3) is 2.97. The maximum Gasteiger partial charge on any atom is 0.237 e. The molecule has 6 heteroatoms. The third-order valence-electron chi connectivity index (χ3n) is 1.66. The number of ether oxygens (including phenoxy) is 1. The molecule has 16 heavy (non-hydrogen) atoms. The molecule has 0 fully saturated rings. The Hall–Kier alpha value is -2.05. The molecular weight excluding hydrogens is 272 g/mol. The lowest BCUT2D eigenvalue weighted by atomic mass is 10.3. The van der Waals surface area contributed by atoms with E-state index < -0.39 is 0 Å². The number of hydrogen-bond acceptors (Lipinski definition) is 5. The van der Waals surface area contributed by atoms with E-state index >= 15 is 0 Å². The number of hydrazone groups is 1. The van der Waals surface area contributed by atoms with E-state index in [1.807, 2.05) is 6.07 Å². The second-order valence-corrected chi connectivity index (χ2v) is 3.56. The van der Waals surface area contributed by atoms with E-state index in [0.29, 0.717) is 11.4 Å². The van der Waals surface area contributed by atoms with Crippen molar-refractivity contribution < 1.29 is 4.74 Å². The predicted octanol–water partition coefficient (Wildman–Crippen LogP) is 2.27. The largest absolute Gasteiger partial charge is 0.495 e. The Balaban J connectivity index is 2.98. The molecule has 0 aromatic heterocycles. The summed E-state index contributed by atoms with van der Waals surface area (Å²) < 4.78 is 5.92. The van der Waals surface area contributed by atoms with Crippen molar-refractivity contribution in [2.75, 3.05) is 12.5 Å². The van der Waals surface area contributed by atoms with Gasteiger partial charge in [-0.25, -0.2) is 0 Å². The fourth-order valence-corrected chi connectivity index (χ4v) is 1.32. The van der Waals surface area contributed by atoms with Gasteiger partial charge in [-0.2, -0.15) is 15.6 Å². The molecule has 0 spiro atoms. The lowest BCUT2D eigenvalue weighted by molar-refractivity contribution is 0.416. The summed E-state index contributed by atoms with van der Waals surface area (Å²) in [5.41, 5.74) is 2.92. The van der Waals surface area contributed by atoms with Crippen molar-refractivity contribution in [1.29, 1.82) is 10.5 Å². The Morgan fingerprint density at radius 2 is 2.12 bits per heavy atom. The fourth-order valence-electron chi connectivity index (χ4n) is 0.959. The predicted molar refractivity (Wildman–Crippen MR) is 63.0 cm³/mol. The average molecular weight is 279 g/mol. The molecule has 5 nitrogen and oxygen atoms in total. The number of rotatable bonds is 3. The maximum absolute atomic E-state index is 8.50. The van der Waals surface area contributed by atoms with Crippen molar-refractivity contribution >= 4 is 27.3 Å². The Labute approximate surface area is 101 Å². The number of methoxy groups -OCH3 is 1. The first-order valence-electron chi connectivity index (χ1n) is 4.18. The van der Waals surface area contributed by atoms with Crippen molar-refractivity contribution in [2.45, 2.75) is 0 Å². The first kappa shape index (κ1) is 12.0. The number of nitrogens with zero attached hydrogens (tertiary/aromatic N) is 3. The summed E-state index contributed by atoms with van der Waals surface area (Å²) in [4.78, 5) is 0. The van der Waals surface area contributed by atoms with Crippen LogP contribution < -0.4 is 10.2 Å². The van der Waals surface area contributed by atoms with Gasteiger partial charge in [0.2, 0.25) is 5.71 Å². The van der Waals surface area contributed by atoms with Crippen molar-refractivity contribution in [3.05, 3.63) is 22.7 Å². The highest BCUT2D eigenvalue weighted by Gasteiger charge is 2.03. The van der Waals surface area contributed by atoms with Crippen LogP contribution >= 0.6 is 15.9 Å². The van der Waals surface area contributed by atoms with Gasteiger partial charge in [-0.1, -0.05) is 15.9 Å². The first-order valence-corrected chi connectivity index (χ1v) is 4.98. The van der Waals surface area contributed by atoms with Crippen LogP contribution in [0.15, 0.2) is 27.8 Å². The van der Waals surface area contributed by atoms with Gasteiger partial charge in [-0.05, 0) is 18.2 Å². The maximum atomic E-state index is 8.50. The molecule has 0 unspecified atom stereocenters. The second-order valence-electron chi connectivity index (χ2n) is 2.64. The number of nitrogens with one attached hydrogen (secondary N) is 1. The quantitative estimate of drug-likeness (QED) is 0.679. The summed E-state index contributed by atoms with van der Waals surface area (Å²) in [5.74, 6) is 0.571. The van der Waals surface area contributed by atoms with Crippen LogP contribution in [0.5, 0.6) is 5.75 Å². The van der Waals surface area contributed by atoms with Crippen LogP contribution in [0.25, 0.3) is 0 Å². The van der Waals surface area contributed by atoms with Gasteiger partial charge in [-0.3, -0.25) is 5.43 Å². The molecule has 0 aliphatic carbocycles. The van der Waals surface area contributed by atoms with Crippen molar-refractivity contribution in [3.63, 3.8) is 0 Å². The van der Waals surface area contributed by atoms with Gasteiger partial charge in [0.25, 0.3) is 0 Å². The van der Waals surface area contributed by atoms with Crippen LogP contribution in [0.1, 0.15) is 0 Å². The van der Waals surface area contributed by atoms with E-state index in [2.05, 4.69) is 26.5 Å². The summed E-state index contributed by atoms with van der Waals surface area (Å²) in [6, 6.07) is 8.57. The molecule has 1 rings (SSSR count). The van der Waals surface area contributed by atoms with Gasteiger partial charge in [0.1, 0.15) is 17.9 Å². The highest BCUT2D eigenvalue weighted by molar-refractivity contribution is 9.10. The van der Waals surface area contributed by atoms with E-state index in [1.165, 1.54) is 7.11 Å². The minimum absolute atomic E-state index is 0.248. The fraction of sp³-hybridized carbons (Fsp3) is 0.100. The van der Waals surface area contributed by atoms with Gasteiger partial charge in [0, 0.05) is 4.47 Å². The lowest BCUT2D eigenvalue weighted by Crippen LogP contribution is -1.98.